The number of hydrogen-bond acceptors (Lipinski definition) is 4. The molecule has 8 heteroatoms. The Kier molecular flexibility index (Phi) is 8.53. The maximum atomic E-state index is 12.4. The van der Waals surface area contributed by atoms with Gasteiger partial charge in [0.2, 0.25) is 15.9 Å². The molecule has 2 N–H and O–H groups in total. The summed E-state index contributed by atoms with van der Waals surface area (Å²) in [7, 11) is -0.529. The zero-order chi connectivity index (χ0) is 18.6. The number of nitrogens with one attached hydrogen (secondary N) is 2. The maximum absolute atomic E-state index is 12.4. The van der Waals surface area contributed by atoms with Crippen molar-refractivity contribution < 1.29 is 13.2 Å². The number of carbonyl (C=O) groups is 1. The molecule has 0 aliphatic carbocycles. The number of rotatable bonds is 6. The van der Waals surface area contributed by atoms with Gasteiger partial charge in [-0.3, -0.25) is 4.79 Å². The summed E-state index contributed by atoms with van der Waals surface area (Å²) in [6.07, 6.45) is 2.66. The van der Waals surface area contributed by atoms with Crippen molar-refractivity contribution in [2.24, 2.45) is 11.8 Å². The average molecular weight is 404 g/mol. The Morgan fingerprint density at radius 2 is 1.92 bits per heavy atom. The van der Waals surface area contributed by atoms with E-state index in [-0.39, 0.29) is 23.2 Å². The van der Waals surface area contributed by atoms with E-state index in [2.05, 4.69) is 17.6 Å². The van der Waals surface area contributed by atoms with E-state index in [0.29, 0.717) is 29.5 Å². The fourth-order valence-electron chi connectivity index (χ4n) is 3.24. The second-order valence-corrected chi connectivity index (χ2v) is 9.20. The van der Waals surface area contributed by atoms with Crippen molar-refractivity contribution in [3.8, 4) is 0 Å². The van der Waals surface area contributed by atoms with Crippen molar-refractivity contribution in [1.82, 2.24) is 9.62 Å². The maximum Gasteiger partial charge on any atom is 0.242 e. The summed E-state index contributed by atoms with van der Waals surface area (Å²) in [6, 6.07) is 5.01. The molecule has 2 rings (SSSR count). The minimum absolute atomic E-state index is 0. The molecule has 1 heterocycles. The van der Waals surface area contributed by atoms with Gasteiger partial charge < -0.3 is 10.6 Å². The molecule has 1 atom stereocenters. The van der Waals surface area contributed by atoms with Gasteiger partial charge in [-0.2, -0.15) is 0 Å². The van der Waals surface area contributed by atoms with Crippen LogP contribution in [0, 0.1) is 18.8 Å². The first-order chi connectivity index (χ1) is 11.7. The summed E-state index contributed by atoms with van der Waals surface area (Å²) in [5, 5.41) is 6.19. The van der Waals surface area contributed by atoms with Crippen molar-refractivity contribution in [3.05, 3.63) is 23.8 Å². The smallest absolute Gasteiger partial charge is 0.242 e. The number of carbonyl (C=O) groups excluding carboxylic acids is 1. The number of benzene rings is 1. The zero-order valence-electron chi connectivity index (χ0n) is 15.9. The Morgan fingerprint density at radius 1 is 1.31 bits per heavy atom. The number of hydrogen-bond donors (Lipinski definition) is 2. The van der Waals surface area contributed by atoms with Crippen molar-refractivity contribution >= 4 is 34.0 Å². The third-order valence-electron chi connectivity index (χ3n) is 4.93. The first-order valence-electron chi connectivity index (χ1n) is 8.75. The number of piperidine rings is 1. The molecule has 0 saturated carbocycles. The van der Waals surface area contributed by atoms with Gasteiger partial charge in [0.05, 0.1) is 4.90 Å². The molecular weight excluding hydrogens is 374 g/mol. The van der Waals surface area contributed by atoms with E-state index in [0.717, 1.165) is 25.9 Å². The van der Waals surface area contributed by atoms with E-state index < -0.39 is 10.0 Å². The third-order valence-corrected chi connectivity index (χ3v) is 6.88. The lowest BCUT2D eigenvalue weighted by Gasteiger charge is -2.27. The van der Waals surface area contributed by atoms with Crippen molar-refractivity contribution in [2.75, 3.05) is 32.5 Å². The number of anilines is 1. The highest BCUT2D eigenvalue weighted by atomic mass is 35.5. The first-order valence-corrected chi connectivity index (χ1v) is 10.2. The number of halogens is 1. The molecule has 1 unspecified atom stereocenters. The highest BCUT2D eigenvalue weighted by Gasteiger charge is 2.23. The van der Waals surface area contributed by atoms with E-state index >= 15 is 0 Å². The lowest BCUT2D eigenvalue weighted by Crippen LogP contribution is -2.32. The first kappa shape index (κ1) is 22.9. The van der Waals surface area contributed by atoms with E-state index in [4.69, 9.17) is 0 Å². The molecule has 1 aromatic carbocycles. The molecule has 1 saturated heterocycles. The van der Waals surface area contributed by atoms with Gasteiger partial charge in [-0.25, -0.2) is 12.7 Å². The molecule has 148 valence electrons. The number of nitrogens with zero attached hydrogens (tertiary/aromatic N) is 1. The van der Waals surface area contributed by atoms with Crippen LogP contribution in [0.2, 0.25) is 0 Å². The van der Waals surface area contributed by atoms with Crippen LogP contribution in [0.25, 0.3) is 0 Å². The Morgan fingerprint density at radius 3 is 2.50 bits per heavy atom. The number of sulfonamides is 1. The Balaban J connectivity index is 0.00000338. The summed E-state index contributed by atoms with van der Waals surface area (Å²) in [5.41, 5.74) is 1.18. The average Bonchev–Trinajstić information content (AvgIpc) is 2.57. The number of aryl methyl sites for hydroxylation is 1. The summed E-state index contributed by atoms with van der Waals surface area (Å²) in [5.74, 6) is 0.815. The minimum atomic E-state index is -3.53. The Labute approximate surface area is 163 Å². The van der Waals surface area contributed by atoms with Crippen molar-refractivity contribution in [1.29, 1.82) is 0 Å². The van der Waals surface area contributed by atoms with E-state index in [9.17, 15) is 13.2 Å². The lowest BCUT2D eigenvalue weighted by atomic mass is 9.84. The molecule has 0 spiro atoms. The second-order valence-electron chi connectivity index (χ2n) is 7.08. The fraction of sp³-hybridized carbons (Fsp3) is 0.611. The Bertz CT molecular complexity index is 716. The lowest BCUT2D eigenvalue weighted by molar-refractivity contribution is -0.117. The van der Waals surface area contributed by atoms with Crippen molar-refractivity contribution in [3.63, 3.8) is 0 Å². The molecule has 6 nitrogen and oxygen atoms in total. The predicted molar refractivity (Wildman–Crippen MR) is 107 cm³/mol. The second kappa shape index (κ2) is 9.69. The highest BCUT2D eigenvalue weighted by molar-refractivity contribution is 7.89. The predicted octanol–water partition coefficient (Wildman–Crippen LogP) is 2.63. The molecular formula is C18H30ClN3O3S. The molecule has 0 aromatic heterocycles. The summed E-state index contributed by atoms with van der Waals surface area (Å²) < 4.78 is 25.9. The summed E-state index contributed by atoms with van der Waals surface area (Å²) >= 11 is 0. The molecule has 1 amide bonds. The van der Waals surface area contributed by atoms with Gasteiger partial charge in [0.15, 0.2) is 0 Å². The Hall–Kier alpha value is -1.15. The standard InChI is InChI=1S/C18H29N3O3S.ClH/c1-13-5-6-16(12-17(13)25(23,24)21(3)4)20-18(22)11-14(2)15-7-9-19-10-8-15;/h5-6,12,14-15,19H,7-11H2,1-4H3,(H,20,22);1H. The van der Waals surface area contributed by atoms with E-state index in [1.54, 1.807) is 19.1 Å². The van der Waals surface area contributed by atoms with Crippen LogP contribution >= 0.6 is 12.4 Å². The molecule has 0 radical (unpaired) electrons. The van der Waals surface area contributed by atoms with Gasteiger partial charge in [0, 0.05) is 26.2 Å². The van der Waals surface area contributed by atoms with Gasteiger partial charge in [0.1, 0.15) is 0 Å². The van der Waals surface area contributed by atoms with Crippen LogP contribution in [-0.2, 0) is 14.8 Å². The largest absolute Gasteiger partial charge is 0.326 e. The quantitative estimate of drug-likeness (QED) is 0.765. The normalized spacial score (nSPS) is 16.8. The zero-order valence-corrected chi connectivity index (χ0v) is 17.5. The SMILES string of the molecule is Cc1ccc(NC(=O)CC(C)C2CCNCC2)cc1S(=O)(=O)N(C)C.Cl. The van der Waals surface area contributed by atoms with Crippen LogP contribution in [0.4, 0.5) is 5.69 Å². The summed E-state index contributed by atoms with van der Waals surface area (Å²) in [6.45, 7) is 5.90. The topological polar surface area (TPSA) is 78.5 Å². The van der Waals surface area contributed by atoms with Crippen LogP contribution in [0.15, 0.2) is 23.1 Å². The van der Waals surface area contributed by atoms with Gasteiger partial charge in [-0.1, -0.05) is 13.0 Å². The fourth-order valence-corrected chi connectivity index (χ4v) is 4.38. The molecule has 1 fully saturated rings. The van der Waals surface area contributed by atoms with Gasteiger partial charge in [-0.05, 0) is 62.4 Å². The van der Waals surface area contributed by atoms with Crippen LogP contribution in [0.5, 0.6) is 0 Å². The minimum Gasteiger partial charge on any atom is -0.326 e. The molecule has 1 aromatic rings. The van der Waals surface area contributed by atoms with Crippen LogP contribution in [0.1, 0.15) is 31.7 Å². The summed E-state index contributed by atoms with van der Waals surface area (Å²) in [4.78, 5) is 12.6. The van der Waals surface area contributed by atoms with Crippen molar-refractivity contribution in [2.45, 2.75) is 38.0 Å². The monoisotopic (exact) mass is 403 g/mol. The van der Waals surface area contributed by atoms with Gasteiger partial charge in [0.25, 0.3) is 0 Å². The number of amides is 1. The highest BCUT2D eigenvalue weighted by Crippen LogP contribution is 2.26. The van der Waals surface area contributed by atoms with Crippen LogP contribution < -0.4 is 10.6 Å². The van der Waals surface area contributed by atoms with Gasteiger partial charge >= 0.3 is 0 Å². The molecule has 1 aliphatic rings. The molecule has 26 heavy (non-hydrogen) atoms. The van der Waals surface area contributed by atoms with Crippen LogP contribution in [0.3, 0.4) is 0 Å². The van der Waals surface area contributed by atoms with E-state index in [1.807, 2.05) is 0 Å². The molecule has 0 bridgehead atoms. The van der Waals surface area contributed by atoms with Gasteiger partial charge in [-0.15, -0.1) is 12.4 Å². The molecule has 1 aliphatic heterocycles. The van der Waals surface area contributed by atoms with E-state index in [1.165, 1.54) is 24.5 Å². The third kappa shape index (κ3) is 5.67. The van der Waals surface area contributed by atoms with Crippen LogP contribution in [-0.4, -0.2) is 45.8 Å².